The van der Waals surface area contributed by atoms with Crippen molar-refractivity contribution >= 4 is 11.8 Å². The van der Waals surface area contributed by atoms with Gasteiger partial charge in [0.25, 0.3) is 0 Å². The van der Waals surface area contributed by atoms with Gasteiger partial charge in [0.05, 0.1) is 18.6 Å². The number of rotatable bonds is 8. The van der Waals surface area contributed by atoms with E-state index in [2.05, 4.69) is 11.4 Å². The van der Waals surface area contributed by atoms with E-state index in [0.29, 0.717) is 26.1 Å². The summed E-state index contributed by atoms with van der Waals surface area (Å²) in [5.74, 6) is 0.114. The summed E-state index contributed by atoms with van der Waals surface area (Å²) in [4.78, 5) is 26.4. The van der Waals surface area contributed by atoms with Crippen molar-refractivity contribution < 1.29 is 14.3 Å². The first-order chi connectivity index (χ1) is 12.5. The van der Waals surface area contributed by atoms with E-state index in [1.807, 2.05) is 43.9 Å². The molecule has 0 bridgehead atoms. The van der Waals surface area contributed by atoms with Gasteiger partial charge in [0.2, 0.25) is 11.8 Å². The molecule has 0 aliphatic carbocycles. The lowest BCUT2D eigenvalue weighted by Gasteiger charge is -2.32. The minimum Gasteiger partial charge on any atom is -0.374 e. The Hall–Kier alpha value is -1.88. The summed E-state index contributed by atoms with van der Waals surface area (Å²) in [6, 6.07) is 8.11. The number of nitrogens with zero attached hydrogens (tertiary/aromatic N) is 1. The number of ether oxygens (including phenoxy) is 1. The first-order valence-corrected chi connectivity index (χ1v) is 9.74. The molecule has 0 spiro atoms. The van der Waals surface area contributed by atoms with E-state index in [-0.39, 0.29) is 23.8 Å². The molecule has 1 unspecified atom stereocenters. The Balaban J connectivity index is 1.84. The fourth-order valence-electron chi connectivity index (χ4n) is 3.22. The van der Waals surface area contributed by atoms with Crippen molar-refractivity contribution in [3.05, 3.63) is 35.4 Å². The first-order valence-electron chi connectivity index (χ1n) is 9.74. The predicted octanol–water partition coefficient (Wildman–Crippen LogP) is 3.27. The maximum absolute atomic E-state index is 12.5. The van der Waals surface area contributed by atoms with Crippen LogP contribution in [-0.4, -0.2) is 35.9 Å². The smallest absolute Gasteiger partial charge is 0.225 e. The third-order valence-electron chi connectivity index (χ3n) is 4.65. The summed E-state index contributed by atoms with van der Waals surface area (Å²) >= 11 is 0. The molecule has 5 heteroatoms. The van der Waals surface area contributed by atoms with Gasteiger partial charge in [-0.2, -0.15) is 0 Å². The highest BCUT2D eigenvalue weighted by Gasteiger charge is 2.27. The molecule has 1 atom stereocenters. The Kier molecular flexibility index (Phi) is 8.10. The number of likely N-dealkylation sites (tertiary alicyclic amines) is 1. The van der Waals surface area contributed by atoms with Gasteiger partial charge in [0, 0.05) is 26.1 Å². The van der Waals surface area contributed by atoms with Crippen molar-refractivity contribution in [3.8, 4) is 0 Å². The highest BCUT2D eigenvalue weighted by Crippen LogP contribution is 2.18. The van der Waals surface area contributed by atoms with Gasteiger partial charge in [0.1, 0.15) is 0 Å². The number of hydrogen-bond donors (Lipinski definition) is 1. The second kappa shape index (κ2) is 10.3. The molecule has 0 aromatic heterocycles. The Bertz CT molecular complexity index is 601. The average molecular weight is 360 g/mol. The number of carbonyl (C=O) groups is 2. The SMILES string of the molecule is CCCC(=O)N1CCCC(C(=O)NCc2cccc(COC(C)C)c2)C1. The highest BCUT2D eigenvalue weighted by atomic mass is 16.5. The summed E-state index contributed by atoms with van der Waals surface area (Å²) in [5.41, 5.74) is 2.18. The third-order valence-corrected chi connectivity index (χ3v) is 4.65. The molecule has 1 N–H and O–H groups in total. The Labute approximate surface area is 157 Å². The maximum atomic E-state index is 12.5. The molecule has 5 nitrogen and oxygen atoms in total. The molecule has 1 aliphatic heterocycles. The van der Waals surface area contributed by atoms with E-state index in [1.54, 1.807) is 0 Å². The average Bonchev–Trinajstić information content (AvgIpc) is 2.65. The van der Waals surface area contributed by atoms with Crippen LogP contribution in [0.25, 0.3) is 0 Å². The van der Waals surface area contributed by atoms with Gasteiger partial charge in [-0.1, -0.05) is 31.2 Å². The van der Waals surface area contributed by atoms with E-state index in [0.717, 1.165) is 36.9 Å². The number of carbonyl (C=O) groups excluding carboxylic acids is 2. The van der Waals surface area contributed by atoms with Gasteiger partial charge in [-0.05, 0) is 44.2 Å². The largest absolute Gasteiger partial charge is 0.374 e. The normalized spacial score (nSPS) is 17.4. The van der Waals surface area contributed by atoms with Crippen LogP contribution in [0.3, 0.4) is 0 Å². The van der Waals surface area contributed by atoms with E-state index >= 15 is 0 Å². The lowest BCUT2D eigenvalue weighted by atomic mass is 9.96. The van der Waals surface area contributed by atoms with Gasteiger partial charge < -0.3 is 15.0 Å². The number of hydrogen-bond acceptors (Lipinski definition) is 3. The van der Waals surface area contributed by atoms with E-state index in [1.165, 1.54) is 0 Å². The number of piperidine rings is 1. The number of benzene rings is 1. The molecular weight excluding hydrogens is 328 g/mol. The van der Waals surface area contributed by atoms with Gasteiger partial charge >= 0.3 is 0 Å². The zero-order chi connectivity index (χ0) is 18.9. The predicted molar refractivity (Wildman–Crippen MR) is 102 cm³/mol. The van der Waals surface area contributed by atoms with Crippen molar-refractivity contribution in [3.63, 3.8) is 0 Å². The van der Waals surface area contributed by atoms with E-state index in [4.69, 9.17) is 4.74 Å². The van der Waals surface area contributed by atoms with Crippen molar-refractivity contribution in [1.82, 2.24) is 10.2 Å². The molecule has 1 heterocycles. The zero-order valence-electron chi connectivity index (χ0n) is 16.3. The van der Waals surface area contributed by atoms with Crippen molar-refractivity contribution in [1.29, 1.82) is 0 Å². The van der Waals surface area contributed by atoms with Crippen molar-refractivity contribution in [2.45, 2.75) is 65.7 Å². The van der Waals surface area contributed by atoms with Crippen molar-refractivity contribution in [2.75, 3.05) is 13.1 Å². The fraction of sp³-hybridized carbons (Fsp3) is 0.619. The van der Waals surface area contributed by atoms with Gasteiger partial charge in [-0.3, -0.25) is 9.59 Å². The van der Waals surface area contributed by atoms with Crippen LogP contribution in [0, 0.1) is 5.92 Å². The molecule has 1 saturated heterocycles. The maximum Gasteiger partial charge on any atom is 0.225 e. The number of nitrogens with one attached hydrogen (secondary N) is 1. The van der Waals surface area contributed by atoms with Crippen LogP contribution in [0.5, 0.6) is 0 Å². The molecule has 1 aromatic rings. The quantitative estimate of drug-likeness (QED) is 0.774. The molecule has 1 aliphatic rings. The lowest BCUT2D eigenvalue weighted by molar-refractivity contribution is -0.135. The van der Waals surface area contributed by atoms with Gasteiger partial charge in [-0.25, -0.2) is 0 Å². The summed E-state index contributed by atoms with van der Waals surface area (Å²) in [6.07, 6.45) is 3.37. The fourth-order valence-corrected chi connectivity index (χ4v) is 3.22. The summed E-state index contributed by atoms with van der Waals surface area (Å²) in [5, 5.41) is 3.03. The zero-order valence-corrected chi connectivity index (χ0v) is 16.3. The highest BCUT2D eigenvalue weighted by molar-refractivity contribution is 5.81. The number of amides is 2. The Morgan fingerprint density at radius 3 is 2.81 bits per heavy atom. The van der Waals surface area contributed by atoms with Crippen LogP contribution >= 0.6 is 0 Å². The Morgan fingerprint density at radius 1 is 1.31 bits per heavy atom. The van der Waals surface area contributed by atoms with Crippen LogP contribution < -0.4 is 5.32 Å². The molecule has 26 heavy (non-hydrogen) atoms. The molecule has 0 saturated carbocycles. The van der Waals surface area contributed by atoms with Gasteiger partial charge in [-0.15, -0.1) is 0 Å². The van der Waals surface area contributed by atoms with Crippen LogP contribution in [0.4, 0.5) is 0 Å². The first kappa shape index (κ1) is 20.4. The third kappa shape index (κ3) is 6.45. The van der Waals surface area contributed by atoms with Crippen molar-refractivity contribution in [2.24, 2.45) is 5.92 Å². The summed E-state index contributed by atoms with van der Waals surface area (Å²) in [6.45, 7) is 8.45. The molecular formula is C21H32N2O3. The van der Waals surface area contributed by atoms with Crippen LogP contribution in [0.1, 0.15) is 57.6 Å². The molecule has 0 radical (unpaired) electrons. The molecule has 2 rings (SSSR count). The lowest BCUT2D eigenvalue weighted by Crippen LogP contribution is -2.45. The second-order valence-corrected chi connectivity index (χ2v) is 7.33. The van der Waals surface area contributed by atoms with E-state index < -0.39 is 0 Å². The topological polar surface area (TPSA) is 58.6 Å². The minimum absolute atomic E-state index is 0.0443. The molecule has 2 amide bonds. The molecule has 1 fully saturated rings. The van der Waals surface area contributed by atoms with Crippen LogP contribution in [0.15, 0.2) is 24.3 Å². The minimum atomic E-state index is -0.1000. The van der Waals surface area contributed by atoms with E-state index in [9.17, 15) is 9.59 Å². The van der Waals surface area contributed by atoms with Gasteiger partial charge in [0.15, 0.2) is 0 Å². The molecule has 144 valence electrons. The molecule has 1 aromatic carbocycles. The Morgan fingerprint density at radius 2 is 2.08 bits per heavy atom. The monoisotopic (exact) mass is 360 g/mol. The standard InChI is InChI=1S/C21H32N2O3/c1-4-7-20(24)23-11-6-10-19(14-23)21(25)22-13-17-8-5-9-18(12-17)15-26-16(2)3/h5,8-9,12,16,19H,4,6-7,10-11,13-15H2,1-3H3,(H,22,25). The van der Waals surface area contributed by atoms with Crippen LogP contribution in [-0.2, 0) is 27.5 Å². The summed E-state index contributed by atoms with van der Waals surface area (Å²) in [7, 11) is 0. The second-order valence-electron chi connectivity index (χ2n) is 7.33. The van der Waals surface area contributed by atoms with Crippen LogP contribution in [0.2, 0.25) is 0 Å². The summed E-state index contributed by atoms with van der Waals surface area (Å²) < 4.78 is 5.63.